The summed E-state index contributed by atoms with van der Waals surface area (Å²) in [6.45, 7) is 0. The molecule has 0 radical (unpaired) electrons. The van der Waals surface area contributed by atoms with Crippen LogP contribution in [0.1, 0.15) is 5.56 Å². The molecule has 1 aromatic heterocycles. The fraction of sp³-hybridized carbons (Fsp3) is 0.0714. The van der Waals surface area contributed by atoms with Crippen molar-refractivity contribution in [2.75, 3.05) is 5.73 Å². The molecule has 0 fully saturated rings. The zero-order chi connectivity index (χ0) is 14.1. The lowest BCUT2D eigenvalue weighted by Gasteiger charge is -2.01. The van der Waals surface area contributed by atoms with Crippen LogP contribution in [-0.2, 0) is 5.75 Å². The zero-order valence-electron chi connectivity index (χ0n) is 10.3. The Labute approximate surface area is 117 Å². The topological polar surface area (TPSA) is 52.0 Å². The predicted molar refractivity (Wildman–Crippen MR) is 74.3 cm³/mol. The molecule has 0 bridgehead atoms. The molecule has 0 saturated carbocycles. The van der Waals surface area contributed by atoms with Crippen LogP contribution in [0, 0.1) is 11.6 Å². The Morgan fingerprint density at radius 3 is 2.65 bits per heavy atom. The van der Waals surface area contributed by atoms with Crippen molar-refractivity contribution in [1.82, 2.24) is 4.98 Å². The third-order valence-electron chi connectivity index (χ3n) is 2.79. The van der Waals surface area contributed by atoms with Crippen LogP contribution in [0.5, 0.6) is 0 Å². The van der Waals surface area contributed by atoms with Crippen LogP contribution in [-0.4, -0.2) is 4.98 Å². The number of halogens is 2. The first-order valence-corrected chi connectivity index (χ1v) is 6.84. The molecule has 3 rings (SSSR count). The first-order valence-electron chi connectivity index (χ1n) is 5.85. The van der Waals surface area contributed by atoms with E-state index in [0.717, 1.165) is 11.8 Å². The van der Waals surface area contributed by atoms with Crippen LogP contribution in [0.3, 0.4) is 0 Å². The van der Waals surface area contributed by atoms with Crippen molar-refractivity contribution < 1.29 is 13.2 Å². The summed E-state index contributed by atoms with van der Waals surface area (Å²) in [6, 6.07) is 8.91. The number of oxazole rings is 1. The lowest BCUT2D eigenvalue weighted by Crippen LogP contribution is -1.92. The molecule has 0 aliphatic carbocycles. The molecule has 0 unspecified atom stereocenters. The first-order chi connectivity index (χ1) is 9.63. The van der Waals surface area contributed by atoms with Crippen LogP contribution in [0.4, 0.5) is 14.5 Å². The SMILES string of the molecule is Nc1ccc2nc(SCc3c(F)cccc3F)oc2c1. The van der Waals surface area contributed by atoms with Crippen molar-refractivity contribution in [3.05, 3.63) is 53.6 Å². The summed E-state index contributed by atoms with van der Waals surface area (Å²) in [7, 11) is 0. The van der Waals surface area contributed by atoms with Gasteiger partial charge in [-0.25, -0.2) is 13.8 Å². The maximum Gasteiger partial charge on any atom is 0.257 e. The summed E-state index contributed by atoms with van der Waals surface area (Å²) in [5, 5.41) is 0.355. The Kier molecular flexibility index (Phi) is 3.31. The molecule has 2 aromatic carbocycles. The van der Waals surface area contributed by atoms with Gasteiger partial charge < -0.3 is 10.2 Å². The van der Waals surface area contributed by atoms with E-state index >= 15 is 0 Å². The van der Waals surface area contributed by atoms with Gasteiger partial charge in [-0.3, -0.25) is 0 Å². The summed E-state index contributed by atoms with van der Waals surface area (Å²) in [6.07, 6.45) is 0. The molecule has 0 spiro atoms. The number of anilines is 1. The zero-order valence-corrected chi connectivity index (χ0v) is 11.1. The van der Waals surface area contributed by atoms with Gasteiger partial charge >= 0.3 is 0 Å². The summed E-state index contributed by atoms with van der Waals surface area (Å²) in [5.74, 6) is -1.03. The van der Waals surface area contributed by atoms with E-state index in [0.29, 0.717) is 22.0 Å². The number of fused-ring (bicyclic) bond motifs is 1. The largest absolute Gasteiger partial charge is 0.431 e. The van der Waals surface area contributed by atoms with E-state index in [1.54, 1.807) is 18.2 Å². The first kappa shape index (κ1) is 12.9. The fourth-order valence-electron chi connectivity index (χ4n) is 1.79. The number of hydrogen-bond acceptors (Lipinski definition) is 4. The van der Waals surface area contributed by atoms with Gasteiger partial charge in [0, 0.05) is 23.1 Å². The van der Waals surface area contributed by atoms with Gasteiger partial charge in [0.2, 0.25) is 0 Å². The number of nitrogens with zero attached hydrogens (tertiary/aromatic N) is 1. The molecule has 102 valence electrons. The van der Waals surface area contributed by atoms with E-state index < -0.39 is 11.6 Å². The van der Waals surface area contributed by atoms with Crippen LogP contribution in [0.25, 0.3) is 11.1 Å². The molecule has 2 N–H and O–H groups in total. The second kappa shape index (κ2) is 5.13. The third-order valence-corrected chi connectivity index (χ3v) is 3.65. The van der Waals surface area contributed by atoms with E-state index in [2.05, 4.69) is 4.98 Å². The number of aromatic nitrogens is 1. The highest BCUT2D eigenvalue weighted by Gasteiger charge is 2.12. The van der Waals surface area contributed by atoms with Crippen LogP contribution < -0.4 is 5.73 Å². The minimum Gasteiger partial charge on any atom is -0.431 e. The van der Waals surface area contributed by atoms with Gasteiger partial charge in [-0.15, -0.1) is 0 Å². The third kappa shape index (κ3) is 2.46. The highest BCUT2D eigenvalue weighted by Crippen LogP contribution is 2.28. The summed E-state index contributed by atoms with van der Waals surface area (Å²) in [5.41, 5.74) is 7.45. The van der Waals surface area contributed by atoms with Crippen LogP contribution >= 0.6 is 11.8 Å². The van der Waals surface area contributed by atoms with E-state index in [4.69, 9.17) is 10.2 Å². The minimum atomic E-state index is -0.571. The quantitative estimate of drug-likeness (QED) is 0.586. The number of thioether (sulfide) groups is 1. The maximum atomic E-state index is 13.5. The van der Waals surface area contributed by atoms with Crippen molar-refractivity contribution in [1.29, 1.82) is 0 Å². The van der Waals surface area contributed by atoms with Crippen molar-refractivity contribution >= 4 is 28.5 Å². The Bertz CT molecular complexity index is 753. The van der Waals surface area contributed by atoms with Crippen molar-refractivity contribution in [3.63, 3.8) is 0 Å². The fourth-order valence-corrected chi connectivity index (χ4v) is 2.64. The molecule has 6 heteroatoms. The summed E-state index contributed by atoms with van der Waals surface area (Å²) >= 11 is 1.13. The second-order valence-electron chi connectivity index (χ2n) is 4.20. The normalized spacial score (nSPS) is 11.1. The molecule has 0 aliphatic rings. The predicted octanol–water partition coefficient (Wildman–Crippen LogP) is 3.98. The number of nitrogen functional groups attached to an aromatic ring is 1. The van der Waals surface area contributed by atoms with Crippen molar-refractivity contribution in [2.24, 2.45) is 0 Å². The highest BCUT2D eigenvalue weighted by molar-refractivity contribution is 7.98. The number of benzene rings is 2. The monoisotopic (exact) mass is 292 g/mol. The maximum absolute atomic E-state index is 13.5. The van der Waals surface area contributed by atoms with Gasteiger partial charge in [-0.05, 0) is 24.3 Å². The smallest absolute Gasteiger partial charge is 0.257 e. The number of hydrogen-bond donors (Lipinski definition) is 1. The average molecular weight is 292 g/mol. The van der Waals surface area contributed by atoms with Gasteiger partial charge in [0.25, 0.3) is 5.22 Å². The van der Waals surface area contributed by atoms with E-state index in [9.17, 15) is 8.78 Å². The van der Waals surface area contributed by atoms with Gasteiger partial charge in [0.05, 0.1) is 0 Å². The molecule has 3 nitrogen and oxygen atoms in total. The lowest BCUT2D eigenvalue weighted by atomic mass is 10.2. The molecule has 3 aromatic rings. The molecule has 0 atom stereocenters. The average Bonchev–Trinajstić information content (AvgIpc) is 2.80. The Morgan fingerprint density at radius 2 is 1.90 bits per heavy atom. The van der Waals surface area contributed by atoms with Gasteiger partial charge in [-0.1, -0.05) is 17.8 Å². The van der Waals surface area contributed by atoms with Crippen molar-refractivity contribution in [3.8, 4) is 0 Å². The summed E-state index contributed by atoms with van der Waals surface area (Å²) in [4.78, 5) is 4.22. The highest BCUT2D eigenvalue weighted by atomic mass is 32.2. The number of rotatable bonds is 3. The lowest BCUT2D eigenvalue weighted by molar-refractivity contribution is 0.489. The minimum absolute atomic E-state index is 0.0132. The Hall–Kier alpha value is -2.08. The van der Waals surface area contributed by atoms with Crippen LogP contribution in [0.15, 0.2) is 46.0 Å². The van der Waals surface area contributed by atoms with E-state index in [1.807, 2.05) is 0 Å². The number of nitrogens with two attached hydrogens (primary N) is 1. The second-order valence-corrected chi connectivity index (χ2v) is 5.12. The molecular formula is C14H10F2N2OS. The molecule has 0 aliphatic heterocycles. The van der Waals surface area contributed by atoms with E-state index in [1.165, 1.54) is 18.2 Å². The Balaban J connectivity index is 1.83. The molecule has 20 heavy (non-hydrogen) atoms. The van der Waals surface area contributed by atoms with Gasteiger partial charge in [-0.2, -0.15) is 0 Å². The van der Waals surface area contributed by atoms with Gasteiger partial charge in [0.15, 0.2) is 5.58 Å². The Morgan fingerprint density at radius 1 is 1.15 bits per heavy atom. The molecule has 0 amide bonds. The standard InChI is InChI=1S/C14H10F2N2OS/c15-10-2-1-3-11(16)9(10)7-20-14-18-12-5-4-8(17)6-13(12)19-14/h1-6H,7,17H2. The van der Waals surface area contributed by atoms with Gasteiger partial charge in [0.1, 0.15) is 17.2 Å². The molecular weight excluding hydrogens is 282 g/mol. The van der Waals surface area contributed by atoms with E-state index in [-0.39, 0.29) is 11.3 Å². The van der Waals surface area contributed by atoms with Crippen LogP contribution in [0.2, 0.25) is 0 Å². The van der Waals surface area contributed by atoms with Crippen molar-refractivity contribution in [2.45, 2.75) is 11.0 Å². The molecule has 0 saturated heterocycles. The summed E-state index contributed by atoms with van der Waals surface area (Å²) < 4.78 is 32.5. The molecule has 1 heterocycles.